The van der Waals surface area contributed by atoms with E-state index in [9.17, 15) is 40.5 Å². The third-order valence-electron chi connectivity index (χ3n) is 1.73. The fraction of sp³-hybridized carbons (Fsp3) is 1.00. The Balaban J connectivity index is 4.72. The molecule has 96 valence electrons. The highest BCUT2D eigenvalue weighted by atomic mass is 16.9. The molecule has 0 aliphatic heterocycles. The Morgan fingerprint density at radius 1 is 0.882 bits per heavy atom. The summed E-state index contributed by atoms with van der Waals surface area (Å²) in [6.45, 7) is -0.704. The van der Waals surface area contributed by atoms with E-state index in [4.69, 9.17) is 0 Å². The molecule has 13 heteroatoms. The van der Waals surface area contributed by atoms with Crippen molar-refractivity contribution < 1.29 is 24.7 Å². The van der Waals surface area contributed by atoms with Gasteiger partial charge in [0, 0.05) is 0 Å². The molecule has 0 atom stereocenters. The fourth-order valence-corrected chi connectivity index (χ4v) is 0.922. The molecule has 0 radical (unpaired) electrons. The van der Waals surface area contributed by atoms with E-state index in [0.29, 0.717) is 0 Å². The van der Waals surface area contributed by atoms with Crippen molar-refractivity contribution in [2.75, 3.05) is 6.61 Å². The van der Waals surface area contributed by atoms with Crippen molar-refractivity contribution in [2.24, 2.45) is 0 Å². The van der Waals surface area contributed by atoms with Crippen LogP contribution in [0.1, 0.15) is 12.8 Å². The molecule has 0 rings (SSSR count). The first-order valence-corrected chi connectivity index (χ1v) is 3.96. The highest BCUT2D eigenvalue weighted by Gasteiger charge is 2.69. The molecule has 13 nitrogen and oxygen atoms in total. The summed E-state index contributed by atoms with van der Waals surface area (Å²) in [4.78, 5) is 39.6. The first kappa shape index (κ1) is 14.4. The first-order chi connectivity index (χ1) is 7.75. The minimum Gasteiger partial charge on any atom is -0.314 e. The van der Waals surface area contributed by atoms with Gasteiger partial charge in [0.15, 0.2) is 21.2 Å². The van der Waals surface area contributed by atoms with Crippen LogP contribution in [0.3, 0.4) is 0 Å². The van der Waals surface area contributed by atoms with Crippen LogP contribution in [0.25, 0.3) is 0 Å². The Kier molecular flexibility index (Phi) is 4.64. The highest BCUT2D eigenvalue weighted by Crippen LogP contribution is 2.19. The van der Waals surface area contributed by atoms with Crippen LogP contribution in [0.15, 0.2) is 0 Å². The van der Waals surface area contributed by atoms with E-state index in [0.717, 1.165) is 0 Å². The van der Waals surface area contributed by atoms with Crippen molar-refractivity contribution >= 4 is 0 Å². The molecule has 0 heterocycles. The molecule has 0 fully saturated rings. The largest absolute Gasteiger partial charge is 0.699 e. The molecule has 0 saturated heterocycles. The van der Waals surface area contributed by atoms with Gasteiger partial charge in [0.1, 0.15) is 0 Å². The molecular formula is C4H6N4O9. The van der Waals surface area contributed by atoms with Crippen LogP contribution in [-0.4, -0.2) is 32.3 Å². The van der Waals surface area contributed by atoms with Crippen molar-refractivity contribution in [3.05, 3.63) is 40.5 Å². The molecular weight excluding hydrogens is 248 g/mol. The minimum atomic E-state index is -3.60. The molecule has 0 aliphatic carbocycles. The number of nitro groups is 3. The molecule has 0 aromatic heterocycles. The maximum atomic E-state index is 10.4. The molecule has 0 unspecified atom stereocenters. The van der Waals surface area contributed by atoms with Gasteiger partial charge < -0.3 is 4.84 Å². The van der Waals surface area contributed by atoms with Crippen molar-refractivity contribution in [3.63, 3.8) is 0 Å². The normalized spacial score (nSPS) is 10.6. The standard InChI is InChI=1S/C4H6N4O9/c9-5(10)4(6(11)12,7(13)14)2-1-3-17-8(15)16/h1-3H2. The van der Waals surface area contributed by atoms with Gasteiger partial charge in [-0.25, -0.2) is 0 Å². The molecule has 0 aromatic rings. The van der Waals surface area contributed by atoms with E-state index in [2.05, 4.69) is 4.84 Å². The summed E-state index contributed by atoms with van der Waals surface area (Å²) in [6.07, 6.45) is -1.70. The van der Waals surface area contributed by atoms with Gasteiger partial charge in [-0.3, -0.25) is 30.3 Å². The van der Waals surface area contributed by atoms with E-state index < -0.39 is 45.1 Å². The van der Waals surface area contributed by atoms with E-state index in [1.54, 1.807) is 0 Å². The third-order valence-corrected chi connectivity index (χ3v) is 1.73. The average molecular weight is 254 g/mol. The second kappa shape index (κ2) is 5.47. The smallest absolute Gasteiger partial charge is 0.314 e. The topological polar surface area (TPSA) is 182 Å². The Hall–Kier alpha value is -2.60. The summed E-state index contributed by atoms with van der Waals surface area (Å²) in [5, 5.41) is 39.6. The molecule has 0 amide bonds. The highest BCUT2D eigenvalue weighted by molar-refractivity contribution is 4.53. The molecule has 0 aromatic carbocycles. The SMILES string of the molecule is O=[N+]([O-])OCCCC([N+](=O)[O-])([N+](=O)[O-])[N+](=O)[O-]. The van der Waals surface area contributed by atoms with Crippen molar-refractivity contribution in [2.45, 2.75) is 18.6 Å². The van der Waals surface area contributed by atoms with Gasteiger partial charge in [-0.1, -0.05) is 0 Å². The van der Waals surface area contributed by atoms with Crippen LogP contribution >= 0.6 is 0 Å². The van der Waals surface area contributed by atoms with Gasteiger partial charge in [-0.2, -0.15) is 0 Å². The summed E-state index contributed by atoms with van der Waals surface area (Å²) in [7, 11) is 0. The zero-order valence-electron chi connectivity index (χ0n) is 8.08. The van der Waals surface area contributed by atoms with Crippen molar-refractivity contribution in [1.29, 1.82) is 0 Å². The second-order valence-corrected chi connectivity index (χ2v) is 2.71. The lowest BCUT2D eigenvalue weighted by molar-refractivity contribution is -0.970. The molecule has 17 heavy (non-hydrogen) atoms. The number of hydrogen-bond donors (Lipinski definition) is 0. The van der Waals surface area contributed by atoms with Gasteiger partial charge in [0.05, 0.1) is 6.61 Å². The lowest BCUT2D eigenvalue weighted by atomic mass is 10.2. The van der Waals surface area contributed by atoms with Gasteiger partial charge in [0.25, 0.3) is 5.09 Å². The Bertz CT molecular complexity index is 317. The maximum absolute atomic E-state index is 10.4. The molecule has 0 bridgehead atoms. The third kappa shape index (κ3) is 3.18. The minimum absolute atomic E-state index is 0.579. The Labute approximate surface area is 91.5 Å². The first-order valence-electron chi connectivity index (χ1n) is 3.96. The van der Waals surface area contributed by atoms with E-state index in [1.165, 1.54) is 0 Å². The van der Waals surface area contributed by atoms with Crippen molar-refractivity contribution in [3.8, 4) is 0 Å². The van der Waals surface area contributed by atoms with Crippen molar-refractivity contribution in [1.82, 2.24) is 0 Å². The van der Waals surface area contributed by atoms with Crippen LogP contribution in [0, 0.1) is 40.5 Å². The predicted octanol–water partition coefficient (Wildman–Crippen LogP) is -0.541. The zero-order valence-corrected chi connectivity index (χ0v) is 8.08. The molecule has 0 saturated carbocycles. The summed E-state index contributed by atoms with van der Waals surface area (Å²) in [5.74, 6) is -3.60. The summed E-state index contributed by atoms with van der Waals surface area (Å²) >= 11 is 0. The van der Waals surface area contributed by atoms with E-state index in [-0.39, 0.29) is 0 Å². The molecule has 0 N–H and O–H groups in total. The molecule has 0 aliphatic rings. The average Bonchev–Trinajstić information content (AvgIpc) is 2.15. The number of hydrogen-bond acceptors (Lipinski definition) is 9. The van der Waals surface area contributed by atoms with Gasteiger partial charge in [-0.15, -0.1) is 10.1 Å². The number of nitrogens with zero attached hydrogens (tertiary/aromatic N) is 4. The fourth-order valence-electron chi connectivity index (χ4n) is 0.922. The lowest BCUT2D eigenvalue weighted by Gasteiger charge is -2.08. The van der Waals surface area contributed by atoms with E-state index >= 15 is 0 Å². The number of rotatable bonds is 8. The summed E-state index contributed by atoms with van der Waals surface area (Å²) in [6, 6.07) is 0. The van der Waals surface area contributed by atoms with Crippen LogP contribution < -0.4 is 0 Å². The van der Waals surface area contributed by atoms with Crippen LogP contribution in [-0.2, 0) is 4.84 Å². The Morgan fingerprint density at radius 2 is 1.29 bits per heavy atom. The van der Waals surface area contributed by atoms with Crippen LogP contribution in [0.4, 0.5) is 0 Å². The summed E-state index contributed by atoms with van der Waals surface area (Å²) < 4.78 is 0. The lowest BCUT2D eigenvalue weighted by Crippen LogP contribution is -2.53. The quantitative estimate of drug-likeness (QED) is 0.237. The van der Waals surface area contributed by atoms with Gasteiger partial charge in [-0.05, 0) is 6.42 Å². The zero-order chi connectivity index (χ0) is 13.6. The maximum Gasteiger partial charge on any atom is 0.699 e. The monoisotopic (exact) mass is 254 g/mol. The Morgan fingerprint density at radius 3 is 1.59 bits per heavy atom. The van der Waals surface area contributed by atoms with Crippen LogP contribution in [0.5, 0.6) is 0 Å². The summed E-state index contributed by atoms with van der Waals surface area (Å²) in [5.41, 5.74) is 0. The van der Waals surface area contributed by atoms with Gasteiger partial charge in [0.2, 0.25) is 0 Å². The predicted molar refractivity (Wildman–Crippen MR) is 45.9 cm³/mol. The van der Waals surface area contributed by atoms with Gasteiger partial charge >= 0.3 is 5.79 Å². The van der Waals surface area contributed by atoms with E-state index in [1.807, 2.05) is 0 Å². The molecule has 0 spiro atoms. The van der Waals surface area contributed by atoms with Crippen LogP contribution in [0.2, 0.25) is 0 Å². The second-order valence-electron chi connectivity index (χ2n) is 2.71.